The fraction of sp³-hybridized carbons (Fsp3) is 0.611. The molecule has 0 unspecified atom stereocenters. The highest BCUT2D eigenvalue weighted by Gasteiger charge is 2.18. The van der Waals surface area contributed by atoms with Crippen molar-refractivity contribution in [3.8, 4) is 5.75 Å². The van der Waals surface area contributed by atoms with Crippen LogP contribution in [-0.2, 0) is 4.74 Å². The fourth-order valence-electron chi connectivity index (χ4n) is 2.94. The molecule has 0 aliphatic carbocycles. The lowest BCUT2D eigenvalue weighted by Crippen LogP contribution is -2.46. The summed E-state index contributed by atoms with van der Waals surface area (Å²) in [7, 11) is 1.72. The number of rotatable bonds is 8. The van der Waals surface area contributed by atoms with Crippen molar-refractivity contribution >= 4 is 11.8 Å². The third-order valence-electron chi connectivity index (χ3n) is 4.24. The Kier molecular flexibility index (Phi) is 7.68. The summed E-state index contributed by atoms with van der Waals surface area (Å²) in [5, 5.41) is 2.76. The second-order valence-electron chi connectivity index (χ2n) is 5.85. The van der Waals surface area contributed by atoms with Crippen molar-refractivity contribution < 1.29 is 14.3 Å². The van der Waals surface area contributed by atoms with Gasteiger partial charge in [0.15, 0.2) is 0 Å². The number of piperazine rings is 1. The lowest BCUT2D eigenvalue weighted by atomic mass is 10.2. The summed E-state index contributed by atoms with van der Waals surface area (Å²) in [6, 6.07) is 8.19. The first-order valence-electron chi connectivity index (χ1n) is 8.75. The number of para-hydroxylation sites is 2. The molecule has 0 radical (unpaired) electrons. The van der Waals surface area contributed by atoms with E-state index in [4.69, 9.17) is 9.47 Å². The normalized spacial score (nSPS) is 15.2. The molecule has 6 heteroatoms. The molecule has 1 heterocycles. The minimum Gasteiger partial charge on any atom is -0.495 e. The number of carbonyl (C=O) groups is 1. The quantitative estimate of drug-likeness (QED) is 0.739. The number of nitrogens with one attached hydrogen (secondary N) is 1. The van der Waals surface area contributed by atoms with Crippen molar-refractivity contribution in [2.45, 2.75) is 19.8 Å². The predicted octanol–water partition coefficient (Wildman–Crippen LogP) is 2.34. The van der Waals surface area contributed by atoms with Gasteiger partial charge in [0.25, 0.3) is 0 Å². The van der Waals surface area contributed by atoms with E-state index in [1.54, 1.807) is 7.11 Å². The number of benzene rings is 1. The summed E-state index contributed by atoms with van der Waals surface area (Å²) in [6.07, 6.45) is 1.75. The van der Waals surface area contributed by atoms with Gasteiger partial charge >= 0.3 is 6.09 Å². The van der Waals surface area contributed by atoms with E-state index < -0.39 is 0 Å². The molecule has 1 aliphatic rings. The standard InChI is InChI=1S/C18H29N3O3/c1-3-24-18(22)19-10-6-7-11-20-12-14-21(15-13-20)16-8-4-5-9-17(16)23-2/h4-5,8-9H,3,6-7,10-15H2,1-2H3,(H,19,22). The Balaban J connectivity index is 1.63. The lowest BCUT2D eigenvalue weighted by Gasteiger charge is -2.36. The van der Waals surface area contributed by atoms with Crippen molar-refractivity contribution in [3.63, 3.8) is 0 Å². The van der Waals surface area contributed by atoms with Crippen LogP contribution in [0.15, 0.2) is 24.3 Å². The molecular formula is C18H29N3O3. The van der Waals surface area contributed by atoms with E-state index in [0.29, 0.717) is 13.2 Å². The third kappa shape index (κ3) is 5.60. The van der Waals surface area contributed by atoms with E-state index in [1.165, 1.54) is 5.69 Å². The summed E-state index contributed by atoms with van der Waals surface area (Å²) in [5.41, 5.74) is 1.18. The van der Waals surface area contributed by atoms with Gasteiger partial charge in [-0.3, -0.25) is 4.90 Å². The minimum absolute atomic E-state index is 0.317. The Morgan fingerprint density at radius 3 is 2.62 bits per heavy atom. The first-order chi connectivity index (χ1) is 11.7. The number of anilines is 1. The Morgan fingerprint density at radius 1 is 1.17 bits per heavy atom. The number of carbonyl (C=O) groups excluding carboxylic acids is 1. The number of hydrogen-bond acceptors (Lipinski definition) is 5. The van der Waals surface area contributed by atoms with Gasteiger partial charge in [-0.1, -0.05) is 12.1 Å². The minimum atomic E-state index is -0.317. The largest absolute Gasteiger partial charge is 0.495 e. The van der Waals surface area contributed by atoms with E-state index in [-0.39, 0.29) is 6.09 Å². The summed E-state index contributed by atoms with van der Waals surface area (Å²) < 4.78 is 10.3. The van der Waals surface area contributed by atoms with Crippen LogP contribution in [0.2, 0.25) is 0 Å². The first-order valence-corrected chi connectivity index (χ1v) is 8.75. The molecular weight excluding hydrogens is 306 g/mol. The van der Waals surface area contributed by atoms with Crippen LogP contribution >= 0.6 is 0 Å². The third-order valence-corrected chi connectivity index (χ3v) is 4.24. The fourth-order valence-corrected chi connectivity index (χ4v) is 2.94. The molecule has 0 spiro atoms. The zero-order valence-corrected chi connectivity index (χ0v) is 14.8. The molecule has 0 saturated carbocycles. The molecule has 1 N–H and O–H groups in total. The zero-order chi connectivity index (χ0) is 17.2. The van der Waals surface area contributed by atoms with E-state index >= 15 is 0 Å². The van der Waals surface area contributed by atoms with Crippen molar-refractivity contribution in [3.05, 3.63) is 24.3 Å². The Labute approximate surface area is 144 Å². The molecule has 0 atom stereocenters. The van der Waals surface area contributed by atoms with Crippen molar-refractivity contribution in [1.29, 1.82) is 0 Å². The monoisotopic (exact) mass is 335 g/mol. The van der Waals surface area contributed by atoms with Crippen LogP contribution in [0, 0.1) is 0 Å². The van der Waals surface area contributed by atoms with Gasteiger partial charge in [0, 0.05) is 32.7 Å². The van der Waals surface area contributed by atoms with Crippen LogP contribution in [0.1, 0.15) is 19.8 Å². The van der Waals surface area contributed by atoms with E-state index in [9.17, 15) is 4.79 Å². The lowest BCUT2D eigenvalue weighted by molar-refractivity contribution is 0.152. The van der Waals surface area contributed by atoms with Gasteiger partial charge in [0.2, 0.25) is 0 Å². The molecule has 134 valence electrons. The first kappa shape index (κ1) is 18.4. The molecule has 1 amide bonds. The summed E-state index contributed by atoms with van der Waals surface area (Å²) in [4.78, 5) is 16.0. The Bertz CT molecular complexity index is 502. The zero-order valence-electron chi connectivity index (χ0n) is 14.8. The number of nitrogens with zero attached hydrogens (tertiary/aromatic N) is 2. The van der Waals surface area contributed by atoms with Crippen molar-refractivity contribution in [2.75, 3.05) is 57.9 Å². The van der Waals surface area contributed by atoms with Gasteiger partial charge in [-0.25, -0.2) is 4.79 Å². The van der Waals surface area contributed by atoms with Gasteiger partial charge in [0.1, 0.15) is 5.75 Å². The van der Waals surface area contributed by atoms with E-state index in [2.05, 4.69) is 27.2 Å². The molecule has 1 aromatic carbocycles. The average molecular weight is 335 g/mol. The average Bonchev–Trinajstić information content (AvgIpc) is 2.62. The summed E-state index contributed by atoms with van der Waals surface area (Å²) in [6.45, 7) is 8.13. The maximum absolute atomic E-state index is 11.2. The molecule has 0 bridgehead atoms. The predicted molar refractivity (Wildman–Crippen MR) is 95.9 cm³/mol. The molecule has 1 fully saturated rings. The van der Waals surface area contributed by atoms with Gasteiger partial charge in [-0.05, 0) is 38.4 Å². The number of amides is 1. The van der Waals surface area contributed by atoms with Crippen molar-refractivity contribution in [2.24, 2.45) is 0 Å². The van der Waals surface area contributed by atoms with Crippen LogP contribution < -0.4 is 15.0 Å². The number of hydrogen-bond donors (Lipinski definition) is 1. The van der Waals surface area contributed by atoms with Gasteiger partial charge in [0.05, 0.1) is 19.4 Å². The molecule has 1 aliphatic heterocycles. The van der Waals surface area contributed by atoms with E-state index in [0.717, 1.165) is 51.3 Å². The smallest absolute Gasteiger partial charge is 0.407 e. The summed E-state index contributed by atoms with van der Waals surface area (Å²) in [5.74, 6) is 0.941. The van der Waals surface area contributed by atoms with Crippen LogP contribution in [-0.4, -0.2) is 64.0 Å². The molecule has 2 rings (SSSR count). The summed E-state index contributed by atoms with van der Waals surface area (Å²) >= 11 is 0. The van der Waals surface area contributed by atoms with Crippen LogP contribution in [0.25, 0.3) is 0 Å². The molecule has 0 aromatic heterocycles. The molecule has 6 nitrogen and oxygen atoms in total. The van der Waals surface area contributed by atoms with Gasteiger partial charge in [-0.2, -0.15) is 0 Å². The topological polar surface area (TPSA) is 54.0 Å². The van der Waals surface area contributed by atoms with Crippen LogP contribution in [0.4, 0.5) is 10.5 Å². The van der Waals surface area contributed by atoms with Crippen LogP contribution in [0.5, 0.6) is 5.75 Å². The van der Waals surface area contributed by atoms with Crippen molar-refractivity contribution in [1.82, 2.24) is 10.2 Å². The van der Waals surface area contributed by atoms with Gasteiger partial charge in [-0.15, -0.1) is 0 Å². The highest BCUT2D eigenvalue weighted by atomic mass is 16.5. The Morgan fingerprint density at radius 2 is 1.92 bits per heavy atom. The van der Waals surface area contributed by atoms with Crippen LogP contribution in [0.3, 0.4) is 0 Å². The number of ether oxygens (including phenoxy) is 2. The molecule has 1 aromatic rings. The highest BCUT2D eigenvalue weighted by Crippen LogP contribution is 2.28. The van der Waals surface area contributed by atoms with E-state index in [1.807, 2.05) is 19.1 Å². The number of methoxy groups -OCH3 is 1. The Hall–Kier alpha value is -1.95. The second kappa shape index (κ2) is 10.0. The number of alkyl carbamates (subject to hydrolysis) is 1. The van der Waals surface area contributed by atoms with Gasteiger partial charge < -0.3 is 19.7 Å². The molecule has 24 heavy (non-hydrogen) atoms. The highest BCUT2D eigenvalue weighted by molar-refractivity contribution is 5.66. The maximum Gasteiger partial charge on any atom is 0.407 e. The SMILES string of the molecule is CCOC(=O)NCCCCN1CCN(c2ccccc2OC)CC1. The molecule has 1 saturated heterocycles. The number of unbranched alkanes of at least 4 members (excludes halogenated alkanes) is 1. The second-order valence-corrected chi connectivity index (χ2v) is 5.85. The maximum atomic E-state index is 11.2.